The van der Waals surface area contributed by atoms with Gasteiger partial charge < -0.3 is 14.6 Å². The molecule has 1 aliphatic rings. The maximum atomic E-state index is 11.6. The van der Waals surface area contributed by atoms with Crippen LogP contribution in [-0.2, 0) is 14.9 Å². The molecular weight excluding hydrogens is 448 g/mol. The molecule has 1 fully saturated rings. The van der Waals surface area contributed by atoms with Gasteiger partial charge in [-0.25, -0.2) is 0 Å². The normalized spacial score (nSPS) is 16.9. The molecular formula is C32H44O4. The Morgan fingerprint density at radius 2 is 1.61 bits per heavy atom. The summed E-state index contributed by atoms with van der Waals surface area (Å²) in [4.78, 5) is 11.6. The van der Waals surface area contributed by atoms with Gasteiger partial charge in [-0.2, -0.15) is 0 Å². The number of hydrogen-bond donors (Lipinski definition) is 1. The van der Waals surface area contributed by atoms with Crippen molar-refractivity contribution in [2.45, 2.75) is 104 Å². The van der Waals surface area contributed by atoms with Gasteiger partial charge >= 0.3 is 5.97 Å². The first-order chi connectivity index (χ1) is 17.2. The minimum atomic E-state index is -0.748. The van der Waals surface area contributed by atoms with Crippen LogP contribution < -0.4 is 4.74 Å². The van der Waals surface area contributed by atoms with Crippen LogP contribution >= 0.6 is 0 Å². The Kier molecular flexibility index (Phi) is 9.41. The van der Waals surface area contributed by atoms with Gasteiger partial charge in [0.25, 0.3) is 0 Å². The Labute approximate surface area is 217 Å². The fourth-order valence-electron chi connectivity index (χ4n) is 5.31. The molecule has 1 saturated heterocycles. The molecule has 0 spiro atoms. The van der Waals surface area contributed by atoms with E-state index in [1.165, 1.54) is 16.7 Å². The zero-order valence-electron chi connectivity index (χ0n) is 23.0. The smallest absolute Gasteiger partial charge is 0.306 e. The molecule has 36 heavy (non-hydrogen) atoms. The molecule has 4 heteroatoms. The van der Waals surface area contributed by atoms with Crippen molar-refractivity contribution in [3.8, 4) is 5.75 Å². The predicted octanol–water partition coefficient (Wildman–Crippen LogP) is 7.45. The van der Waals surface area contributed by atoms with Crippen molar-refractivity contribution in [3.63, 3.8) is 0 Å². The summed E-state index contributed by atoms with van der Waals surface area (Å²) in [6.45, 7) is 13.2. The number of aliphatic hydroxyl groups is 1. The van der Waals surface area contributed by atoms with Crippen LogP contribution in [0.5, 0.6) is 5.75 Å². The molecule has 0 aliphatic carbocycles. The van der Waals surface area contributed by atoms with Gasteiger partial charge in [-0.1, -0.05) is 70.2 Å². The monoisotopic (exact) mass is 492 g/mol. The number of benzene rings is 2. The Balaban J connectivity index is 1.84. The molecule has 1 N–H and O–H groups in total. The molecule has 2 aromatic rings. The van der Waals surface area contributed by atoms with Crippen molar-refractivity contribution in [2.24, 2.45) is 0 Å². The van der Waals surface area contributed by atoms with Crippen LogP contribution in [0.15, 0.2) is 42.5 Å². The lowest BCUT2D eigenvalue weighted by Gasteiger charge is -2.34. The largest absolute Gasteiger partial charge is 0.489 e. The molecule has 1 unspecified atom stereocenters. The van der Waals surface area contributed by atoms with Crippen LogP contribution in [0.25, 0.3) is 6.08 Å². The van der Waals surface area contributed by atoms with Crippen molar-refractivity contribution in [3.05, 3.63) is 70.3 Å². The SMILES string of the molecule is CCC(O)(/C=C/c1ccc(C(CC)(CC)c2ccc(OCC3CCCC(=O)O3)c(C)c2)cc1C)CC. The topological polar surface area (TPSA) is 55.8 Å². The van der Waals surface area contributed by atoms with E-state index in [1.54, 1.807) is 0 Å². The number of carbonyl (C=O) groups is 1. The van der Waals surface area contributed by atoms with Crippen molar-refractivity contribution >= 4 is 12.0 Å². The van der Waals surface area contributed by atoms with E-state index in [-0.39, 0.29) is 17.5 Å². The molecule has 0 bridgehead atoms. The van der Waals surface area contributed by atoms with E-state index in [4.69, 9.17) is 9.47 Å². The molecule has 1 heterocycles. The van der Waals surface area contributed by atoms with Gasteiger partial charge in [-0.3, -0.25) is 4.79 Å². The number of aryl methyl sites for hydroxylation is 2. The van der Waals surface area contributed by atoms with Crippen molar-refractivity contribution in [1.82, 2.24) is 0 Å². The van der Waals surface area contributed by atoms with Gasteiger partial charge in [0.2, 0.25) is 0 Å². The van der Waals surface area contributed by atoms with Crippen molar-refractivity contribution in [1.29, 1.82) is 0 Å². The molecule has 0 amide bonds. The van der Waals surface area contributed by atoms with Gasteiger partial charge in [0.15, 0.2) is 0 Å². The van der Waals surface area contributed by atoms with E-state index in [0.717, 1.165) is 42.6 Å². The Morgan fingerprint density at radius 3 is 2.17 bits per heavy atom. The number of esters is 1. The van der Waals surface area contributed by atoms with E-state index in [2.05, 4.69) is 70.2 Å². The number of ether oxygens (including phenoxy) is 2. The fraction of sp³-hybridized carbons (Fsp3) is 0.531. The highest BCUT2D eigenvalue weighted by atomic mass is 16.6. The molecule has 4 nitrogen and oxygen atoms in total. The molecule has 0 aromatic heterocycles. The van der Waals surface area contributed by atoms with Crippen LogP contribution in [0.3, 0.4) is 0 Å². The second-order valence-corrected chi connectivity index (χ2v) is 10.3. The maximum Gasteiger partial charge on any atom is 0.306 e. The summed E-state index contributed by atoms with van der Waals surface area (Å²) in [5.41, 5.74) is 5.20. The minimum absolute atomic E-state index is 0.0945. The zero-order chi connectivity index (χ0) is 26.3. The summed E-state index contributed by atoms with van der Waals surface area (Å²) in [5.74, 6) is 0.721. The fourth-order valence-corrected chi connectivity index (χ4v) is 5.31. The summed E-state index contributed by atoms with van der Waals surface area (Å²) in [6, 6.07) is 13.2. The standard InChI is InChI=1S/C32H44O4/c1-7-31(34,8-2)19-18-25-14-15-26(20-23(25)5)32(9-3,10-4)27-16-17-29(24(6)21-27)35-22-28-12-11-13-30(33)36-28/h14-21,28,34H,7-13,22H2,1-6H3/b19-18+. The number of cyclic esters (lactones) is 1. The van der Waals surface area contributed by atoms with Crippen LogP contribution in [0.2, 0.25) is 0 Å². The van der Waals surface area contributed by atoms with Crippen LogP contribution in [0.1, 0.15) is 100 Å². The summed E-state index contributed by atoms with van der Waals surface area (Å²) in [6.07, 6.45) is 9.47. The lowest BCUT2D eigenvalue weighted by Crippen LogP contribution is -2.29. The molecule has 0 radical (unpaired) electrons. The second kappa shape index (κ2) is 12.1. The summed E-state index contributed by atoms with van der Waals surface area (Å²) < 4.78 is 11.5. The van der Waals surface area contributed by atoms with Crippen LogP contribution in [0.4, 0.5) is 0 Å². The third-order valence-corrected chi connectivity index (χ3v) is 8.18. The molecule has 0 saturated carbocycles. The summed E-state index contributed by atoms with van der Waals surface area (Å²) >= 11 is 0. The average Bonchev–Trinajstić information content (AvgIpc) is 2.88. The van der Waals surface area contributed by atoms with Crippen LogP contribution in [0, 0.1) is 13.8 Å². The van der Waals surface area contributed by atoms with Gasteiger partial charge in [0.1, 0.15) is 18.5 Å². The number of rotatable bonds is 11. The van der Waals surface area contributed by atoms with Crippen molar-refractivity contribution < 1.29 is 19.4 Å². The van der Waals surface area contributed by atoms with E-state index in [1.807, 2.05) is 19.9 Å². The van der Waals surface area contributed by atoms with Crippen LogP contribution in [-0.4, -0.2) is 29.4 Å². The second-order valence-electron chi connectivity index (χ2n) is 10.3. The lowest BCUT2D eigenvalue weighted by molar-refractivity contribution is -0.155. The highest BCUT2D eigenvalue weighted by Crippen LogP contribution is 2.41. The summed E-state index contributed by atoms with van der Waals surface area (Å²) in [5, 5.41) is 10.6. The van der Waals surface area contributed by atoms with Gasteiger partial charge in [-0.05, 0) is 86.3 Å². The van der Waals surface area contributed by atoms with Gasteiger partial charge in [-0.15, -0.1) is 0 Å². The maximum absolute atomic E-state index is 11.6. The lowest BCUT2D eigenvalue weighted by atomic mass is 9.70. The van der Waals surface area contributed by atoms with Gasteiger partial charge in [0, 0.05) is 11.8 Å². The van der Waals surface area contributed by atoms with E-state index < -0.39 is 5.60 Å². The first-order valence-electron chi connectivity index (χ1n) is 13.7. The van der Waals surface area contributed by atoms with E-state index in [0.29, 0.717) is 25.9 Å². The molecule has 2 aromatic carbocycles. The Hall–Kier alpha value is -2.59. The summed E-state index contributed by atoms with van der Waals surface area (Å²) in [7, 11) is 0. The predicted molar refractivity (Wildman–Crippen MR) is 148 cm³/mol. The Morgan fingerprint density at radius 1 is 0.972 bits per heavy atom. The van der Waals surface area contributed by atoms with E-state index in [9.17, 15) is 9.90 Å². The third-order valence-electron chi connectivity index (χ3n) is 8.18. The molecule has 1 atom stereocenters. The zero-order valence-corrected chi connectivity index (χ0v) is 23.0. The van der Waals surface area contributed by atoms with E-state index >= 15 is 0 Å². The quantitative estimate of drug-likeness (QED) is 0.331. The highest BCUT2D eigenvalue weighted by Gasteiger charge is 2.31. The van der Waals surface area contributed by atoms with Crippen molar-refractivity contribution in [2.75, 3.05) is 6.61 Å². The number of carbonyl (C=O) groups excluding carboxylic acids is 1. The Bertz CT molecular complexity index is 1060. The minimum Gasteiger partial charge on any atom is -0.489 e. The third kappa shape index (κ3) is 6.21. The molecule has 196 valence electrons. The number of hydrogen-bond acceptors (Lipinski definition) is 4. The first-order valence-corrected chi connectivity index (χ1v) is 13.7. The first kappa shape index (κ1) is 28.0. The van der Waals surface area contributed by atoms with Gasteiger partial charge in [0.05, 0.1) is 5.60 Å². The molecule has 1 aliphatic heterocycles. The highest BCUT2D eigenvalue weighted by molar-refractivity contribution is 5.70. The average molecular weight is 493 g/mol. The molecule has 3 rings (SSSR count).